The predicted octanol–water partition coefficient (Wildman–Crippen LogP) is 0.797. The Balaban J connectivity index is 2.40. The third-order valence-corrected chi connectivity index (χ3v) is 5.50. The van der Waals surface area contributed by atoms with Gasteiger partial charge in [-0.3, -0.25) is 4.99 Å². The fraction of sp³-hybridized carbons (Fsp3) is 0.632. The van der Waals surface area contributed by atoms with E-state index in [0.717, 1.165) is 44.8 Å². The molecule has 28 heavy (non-hydrogen) atoms. The largest absolute Gasteiger partial charge is 0.385 e. The van der Waals surface area contributed by atoms with Gasteiger partial charge in [0.1, 0.15) is 0 Å². The number of hydrogen-bond donors (Lipinski definition) is 3. The summed E-state index contributed by atoms with van der Waals surface area (Å²) in [6.45, 7) is 8.63. The topological polar surface area (TPSA) is 95.1 Å². The SMILES string of the molecule is CCNC(=NCCNS(=O)(=O)c1ccc(C)cc1)NCCN(C)CCCOC. The van der Waals surface area contributed by atoms with Crippen molar-refractivity contribution < 1.29 is 13.2 Å². The van der Waals surface area contributed by atoms with Crippen LogP contribution in [0.4, 0.5) is 0 Å². The highest BCUT2D eigenvalue weighted by Crippen LogP contribution is 2.09. The van der Waals surface area contributed by atoms with E-state index >= 15 is 0 Å². The molecule has 0 aliphatic rings. The zero-order valence-electron chi connectivity index (χ0n) is 17.5. The van der Waals surface area contributed by atoms with E-state index < -0.39 is 10.0 Å². The quantitative estimate of drug-likeness (QED) is 0.252. The zero-order chi connectivity index (χ0) is 20.8. The Hall–Kier alpha value is -1.68. The van der Waals surface area contributed by atoms with Crippen LogP contribution in [-0.2, 0) is 14.8 Å². The van der Waals surface area contributed by atoms with E-state index in [2.05, 4.69) is 32.3 Å². The maximum atomic E-state index is 12.3. The van der Waals surface area contributed by atoms with Crippen LogP contribution in [-0.4, -0.2) is 79.3 Å². The molecule has 0 saturated carbocycles. The first-order chi connectivity index (χ1) is 13.4. The van der Waals surface area contributed by atoms with Gasteiger partial charge >= 0.3 is 0 Å². The van der Waals surface area contributed by atoms with Crippen molar-refractivity contribution in [3.63, 3.8) is 0 Å². The number of sulfonamides is 1. The Kier molecular flexibility index (Phi) is 11.7. The molecular weight excluding hydrogens is 378 g/mol. The number of nitrogens with zero attached hydrogens (tertiary/aromatic N) is 2. The van der Waals surface area contributed by atoms with Gasteiger partial charge in [0, 0.05) is 46.4 Å². The van der Waals surface area contributed by atoms with Crippen LogP contribution >= 0.6 is 0 Å². The van der Waals surface area contributed by atoms with E-state index in [-0.39, 0.29) is 11.4 Å². The molecule has 0 unspecified atom stereocenters. The van der Waals surface area contributed by atoms with Crippen LogP contribution in [0.5, 0.6) is 0 Å². The van der Waals surface area contributed by atoms with Crippen LogP contribution in [0, 0.1) is 6.92 Å². The standard InChI is InChI=1S/C19H35N5O3S/c1-5-20-19(22-13-15-24(3)14-6-16-27-4)21-11-12-23-28(25,26)18-9-7-17(2)8-10-18/h7-10,23H,5-6,11-16H2,1-4H3,(H2,20,21,22). The minimum absolute atomic E-state index is 0.240. The van der Waals surface area contributed by atoms with Gasteiger partial charge in [-0.2, -0.15) is 0 Å². The van der Waals surface area contributed by atoms with E-state index in [1.54, 1.807) is 31.4 Å². The van der Waals surface area contributed by atoms with Gasteiger partial charge in [-0.05, 0) is 39.4 Å². The molecule has 0 spiro atoms. The van der Waals surface area contributed by atoms with Crippen LogP contribution in [0.3, 0.4) is 0 Å². The van der Waals surface area contributed by atoms with E-state index in [0.29, 0.717) is 12.5 Å². The van der Waals surface area contributed by atoms with Crippen LogP contribution in [0.1, 0.15) is 18.9 Å². The highest BCUT2D eigenvalue weighted by Gasteiger charge is 2.12. The highest BCUT2D eigenvalue weighted by molar-refractivity contribution is 7.89. The lowest BCUT2D eigenvalue weighted by Crippen LogP contribution is -2.41. The molecule has 1 aromatic rings. The minimum Gasteiger partial charge on any atom is -0.385 e. The van der Waals surface area contributed by atoms with Crippen molar-refractivity contribution >= 4 is 16.0 Å². The molecule has 0 atom stereocenters. The third-order valence-electron chi connectivity index (χ3n) is 4.02. The Morgan fingerprint density at radius 3 is 2.50 bits per heavy atom. The lowest BCUT2D eigenvalue weighted by atomic mass is 10.2. The van der Waals surface area contributed by atoms with E-state index in [1.165, 1.54) is 0 Å². The summed E-state index contributed by atoms with van der Waals surface area (Å²) in [5.74, 6) is 0.683. The van der Waals surface area contributed by atoms with Crippen LogP contribution in [0.2, 0.25) is 0 Å². The minimum atomic E-state index is -3.50. The number of aryl methyl sites for hydroxylation is 1. The molecule has 3 N–H and O–H groups in total. The zero-order valence-corrected chi connectivity index (χ0v) is 18.3. The lowest BCUT2D eigenvalue weighted by Gasteiger charge is -2.18. The number of rotatable bonds is 13. The molecule has 0 bridgehead atoms. The van der Waals surface area contributed by atoms with Crippen molar-refractivity contribution in [2.75, 3.05) is 60.0 Å². The molecule has 9 heteroatoms. The van der Waals surface area contributed by atoms with Gasteiger partial charge in [0.15, 0.2) is 5.96 Å². The molecule has 1 rings (SSSR count). The van der Waals surface area contributed by atoms with Gasteiger partial charge < -0.3 is 20.3 Å². The first-order valence-electron chi connectivity index (χ1n) is 9.65. The van der Waals surface area contributed by atoms with Crippen molar-refractivity contribution in [2.45, 2.75) is 25.2 Å². The first-order valence-corrected chi connectivity index (χ1v) is 11.1. The molecule has 0 aliphatic carbocycles. The highest BCUT2D eigenvalue weighted by atomic mass is 32.2. The molecule has 8 nitrogen and oxygen atoms in total. The number of likely N-dealkylation sites (N-methyl/N-ethyl adjacent to an activating group) is 1. The number of methoxy groups -OCH3 is 1. The molecule has 1 aromatic carbocycles. The van der Waals surface area contributed by atoms with Crippen molar-refractivity contribution in [2.24, 2.45) is 4.99 Å². The number of aliphatic imine (C=N–C) groups is 1. The van der Waals surface area contributed by atoms with Crippen LogP contribution < -0.4 is 15.4 Å². The van der Waals surface area contributed by atoms with Gasteiger partial charge in [0.25, 0.3) is 0 Å². The maximum Gasteiger partial charge on any atom is 0.240 e. The van der Waals surface area contributed by atoms with Gasteiger partial charge in [0.2, 0.25) is 10.0 Å². The van der Waals surface area contributed by atoms with E-state index in [9.17, 15) is 8.42 Å². The smallest absolute Gasteiger partial charge is 0.240 e. The Morgan fingerprint density at radius 2 is 1.86 bits per heavy atom. The second-order valence-electron chi connectivity index (χ2n) is 6.55. The average molecular weight is 414 g/mol. The molecule has 160 valence electrons. The molecule has 0 radical (unpaired) electrons. The van der Waals surface area contributed by atoms with E-state index in [4.69, 9.17) is 4.74 Å². The second kappa shape index (κ2) is 13.5. The summed E-state index contributed by atoms with van der Waals surface area (Å²) in [7, 11) is 0.277. The van der Waals surface area contributed by atoms with Crippen molar-refractivity contribution in [3.8, 4) is 0 Å². The molecular formula is C19H35N5O3S. The fourth-order valence-electron chi connectivity index (χ4n) is 2.45. The molecule has 0 heterocycles. The monoisotopic (exact) mass is 413 g/mol. The van der Waals surface area contributed by atoms with Gasteiger partial charge in [-0.25, -0.2) is 13.1 Å². The number of benzene rings is 1. The summed E-state index contributed by atoms with van der Waals surface area (Å²) in [6, 6.07) is 6.78. The predicted molar refractivity (Wildman–Crippen MR) is 114 cm³/mol. The lowest BCUT2D eigenvalue weighted by molar-refractivity contribution is 0.180. The Morgan fingerprint density at radius 1 is 1.14 bits per heavy atom. The molecule has 0 aliphatic heterocycles. The Labute approximate surface area is 169 Å². The normalized spacial score (nSPS) is 12.4. The maximum absolute atomic E-state index is 12.3. The number of guanidine groups is 1. The van der Waals surface area contributed by atoms with Gasteiger partial charge in [-0.15, -0.1) is 0 Å². The van der Waals surface area contributed by atoms with Crippen LogP contribution in [0.15, 0.2) is 34.2 Å². The summed E-state index contributed by atoms with van der Waals surface area (Å²) in [5, 5.41) is 6.43. The summed E-state index contributed by atoms with van der Waals surface area (Å²) in [5.41, 5.74) is 1.02. The fourth-order valence-corrected chi connectivity index (χ4v) is 3.47. The number of ether oxygens (including phenoxy) is 1. The van der Waals surface area contributed by atoms with E-state index in [1.807, 2.05) is 13.8 Å². The summed E-state index contributed by atoms with van der Waals surface area (Å²) >= 11 is 0. The summed E-state index contributed by atoms with van der Waals surface area (Å²) in [6.07, 6.45) is 1.00. The number of hydrogen-bond acceptors (Lipinski definition) is 5. The van der Waals surface area contributed by atoms with Gasteiger partial charge in [0.05, 0.1) is 11.4 Å². The average Bonchev–Trinajstić information content (AvgIpc) is 2.65. The molecule has 0 saturated heterocycles. The summed E-state index contributed by atoms with van der Waals surface area (Å²) in [4.78, 5) is 6.92. The number of nitrogens with one attached hydrogen (secondary N) is 3. The van der Waals surface area contributed by atoms with Gasteiger partial charge in [-0.1, -0.05) is 17.7 Å². The van der Waals surface area contributed by atoms with Crippen molar-refractivity contribution in [3.05, 3.63) is 29.8 Å². The molecule has 0 amide bonds. The van der Waals surface area contributed by atoms with Crippen molar-refractivity contribution in [1.82, 2.24) is 20.3 Å². The molecule has 0 aromatic heterocycles. The third kappa shape index (κ3) is 10.0. The van der Waals surface area contributed by atoms with Crippen LogP contribution in [0.25, 0.3) is 0 Å². The second-order valence-corrected chi connectivity index (χ2v) is 8.31. The molecule has 0 fully saturated rings. The Bertz CT molecular complexity index is 677. The van der Waals surface area contributed by atoms with Crippen molar-refractivity contribution in [1.29, 1.82) is 0 Å². The summed E-state index contributed by atoms with van der Waals surface area (Å²) < 4.78 is 32.2. The first kappa shape index (κ1) is 24.4.